The Morgan fingerprint density at radius 2 is 2.08 bits per heavy atom. The lowest BCUT2D eigenvalue weighted by atomic mass is 10.2. The first-order valence-corrected chi connectivity index (χ1v) is 8.68. The highest BCUT2D eigenvalue weighted by atomic mass is 32.1. The van der Waals surface area contributed by atoms with Crippen LogP contribution in [0, 0.1) is 6.92 Å². The normalized spacial score (nSPS) is 10.8. The summed E-state index contributed by atoms with van der Waals surface area (Å²) in [5.74, 6) is 1.30. The third-order valence-electron chi connectivity index (χ3n) is 3.35. The number of aromatic nitrogens is 2. The van der Waals surface area contributed by atoms with E-state index in [0.29, 0.717) is 18.2 Å². The summed E-state index contributed by atoms with van der Waals surface area (Å²) in [6, 6.07) is 11.9. The lowest BCUT2D eigenvalue weighted by molar-refractivity contribution is 0.306. The topological polar surface area (TPSA) is 56.3 Å². The van der Waals surface area contributed by atoms with Crippen molar-refractivity contribution in [2.75, 3.05) is 12.4 Å². The van der Waals surface area contributed by atoms with E-state index >= 15 is 0 Å². The van der Waals surface area contributed by atoms with Crippen molar-refractivity contribution < 1.29 is 9.47 Å². The van der Waals surface area contributed by atoms with E-state index in [9.17, 15) is 0 Å². The van der Waals surface area contributed by atoms with Crippen LogP contribution in [0.4, 0.5) is 10.9 Å². The first-order valence-electron chi connectivity index (χ1n) is 7.80. The van der Waals surface area contributed by atoms with Gasteiger partial charge in [-0.15, -0.1) is 11.3 Å². The Balaban J connectivity index is 1.83. The van der Waals surface area contributed by atoms with E-state index in [1.54, 1.807) is 19.6 Å². The van der Waals surface area contributed by atoms with Crippen molar-refractivity contribution in [1.82, 2.24) is 9.97 Å². The van der Waals surface area contributed by atoms with E-state index in [1.165, 1.54) is 11.3 Å². The van der Waals surface area contributed by atoms with Gasteiger partial charge in [-0.2, -0.15) is 0 Å². The molecule has 6 heteroatoms. The molecule has 3 aromatic rings. The van der Waals surface area contributed by atoms with Crippen LogP contribution in [0.25, 0.3) is 6.08 Å². The summed E-state index contributed by atoms with van der Waals surface area (Å²) < 4.78 is 11.0. The Bertz CT molecular complexity index is 847. The van der Waals surface area contributed by atoms with Gasteiger partial charge < -0.3 is 14.8 Å². The largest absolute Gasteiger partial charge is 0.504 e. The van der Waals surface area contributed by atoms with Crippen molar-refractivity contribution in [3.05, 3.63) is 71.1 Å². The number of hydrogen-bond acceptors (Lipinski definition) is 6. The maximum Gasteiger partial charge on any atom is 0.188 e. The quantitative estimate of drug-likeness (QED) is 0.619. The molecule has 0 radical (unpaired) electrons. The Hall–Kier alpha value is -2.86. The third kappa shape index (κ3) is 4.81. The van der Waals surface area contributed by atoms with Gasteiger partial charge in [-0.1, -0.05) is 30.3 Å². The van der Waals surface area contributed by atoms with Gasteiger partial charge in [0, 0.05) is 11.6 Å². The minimum absolute atomic E-state index is 0.464. The molecule has 0 aliphatic rings. The molecule has 0 saturated heterocycles. The molecule has 25 heavy (non-hydrogen) atoms. The van der Waals surface area contributed by atoms with Gasteiger partial charge in [0.05, 0.1) is 19.1 Å². The molecule has 0 saturated carbocycles. The molecule has 1 N–H and O–H groups in total. The van der Waals surface area contributed by atoms with Crippen molar-refractivity contribution in [1.29, 1.82) is 0 Å². The van der Waals surface area contributed by atoms with Gasteiger partial charge in [0.2, 0.25) is 0 Å². The van der Waals surface area contributed by atoms with Crippen LogP contribution in [-0.2, 0) is 11.3 Å². The Labute approximate surface area is 151 Å². The summed E-state index contributed by atoms with van der Waals surface area (Å²) in [6.45, 7) is 2.42. The fraction of sp³-hybridized carbons (Fsp3) is 0.158. The van der Waals surface area contributed by atoms with Crippen molar-refractivity contribution in [3.63, 3.8) is 0 Å². The standard InChI is InChI=1S/C19H19N3O2S/c1-14-13-25-19(21-14)22-18-17(10-16(11-20-18)8-9-23-2)24-12-15-6-4-3-5-7-15/h3-11,13H,12H2,1-2H3,(H,20,21,22). The molecule has 0 spiro atoms. The Kier molecular flexibility index (Phi) is 5.64. The maximum absolute atomic E-state index is 6.00. The van der Waals surface area contributed by atoms with Crippen molar-refractivity contribution in [2.45, 2.75) is 13.5 Å². The van der Waals surface area contributed by atoms with Crippen molar-refractivity contribution in [3.8, 4) is 5.75 Å². The molecule has 2 heterocycles. The minimum atomic E-state index is 0.464. The Morgan fingerprint density at radius 3 is 2.80 bits per heavy atom. The van der Waals surface area contributed by atoms with Crippen LogP contribution in [0.2, 0.25) is 0 Å². The van der Waals surface area contributed by atoms with E-state index in [2.05, 4.69) is 15.3 Å². The molecule has 0 aliphatic carbocycles. The molecule has 0 unspecified atom stereocenters. The number of rotatable bonds is 7. The van der Waals surface area contributed by atoms with Crippen molar-refractivity contribution in [2.24, 2.45) is 0 Å². The summed E-state index contributed by atoms with van der Waals surface area (Å²) in [4.78, 5) is 8.89. The number of nitrogens with zero attached hydrogens (tertiary/aromatic N) is 2. The van der Waals surface area contributed by atoms with E-state index in [4.69, 9.17) is 9.47 Å². The number of pyridine rings is 1. The van der Waals surface area contributed by atoms with Crippen LogP contribution in [-0.4, -0.2) is 17.1 Å². The number of ether oxygens (including phenoxy) is 2. The van der Waals surface area contributed by atoms with Gasteiger partial charge in [-0.05, 0) is 30.2 Å². The predicted molar refractivity (Wildman–Crippen MR) is 101 cm³/mol. The second-order valence-electron chi connectivity index (χ2n) is 5.35. The fourth-order valence-electron chi connectivity index (χ4n) is 2.15. The smallest absolute Gasteiger partial charge is 0.188 e. The number of methoxy groups -OCH3 is 1. The van der Waals surface area contributed by atoms with Gasteiger partial charge in [-0.3, -0.25) is 0 Å². The predicted octanol–water partition coefficient (Wildman–Crippen LogP) is 4.79. The number of anilines is 2. The molecule has 1 aromatic carbocycles. The SMILES string of the molecule is COC=Cc1cnc(Nc2nc(C)cs2)c(OCc2ccccc2)c1. The lowest BCUT2D eigenvalue weighted by Gasteiger charge is -2.12. The van der Waals surface area contributed by atoms with Crippen LogP contribution in [0.3, 0.4) is 0 Å². The number of aryl methyl sites for hydroxylation is 1. The molecule has 0 atom stereocenters. The van der Waals surface area contributed by atoms with Gasteiger partial charge >= 0.3 is 0 Å². The number of benzene rings is 1. The number of thiazole rings is 1. The highest BCUT2D eigenvalue weighted by Crippen LogP contribution is 2.29. The third-order valence-corrected chi connectivity index (χ3v) is 4.23. The first kappa shape index (κ1) is 17.0. The molecule has 128 valence electrons. The van der Waals surface area contributed by atoms with E-state index in [1.807, 2.05) is 54.8 Å². The van der Waals surface area contributed by atoms with Gasteiger partial charge in [0.25, 0.3) is 0 Å². The molecule has 0 bridgehead atoms. The summed E-state index contributed by atoms with van der Waals surface area (Å²) in [5.41, 5.74) is 2.96. The molecule has 3 rings (SSSR count). The molecular weight excluding hydrogens is 334 g/mol. The number of hydrogen-bond donors (Lipinski definition) is 1. The van der Waals surface area contributed by atoms with E-state index in [0.717, 1.165) is 22.0 Å². The second-order valence-corrected chi connectivity index (χ2v) is 6.21. The zero-order chi connectivity index (χ0) is 17.5. The maximum atomic E-state index is 6.00. The minimum Gasteiger partial charge on any atom is -0.504 e. The molecule has 2 aromatic heterocycles. The van der Waals surface area contributed by atoms with Crippen molar-refractivity contribution >= 4 is 28.4 Å². The highest BCUT2D eigenvalue weighted by molar-refractivity contribution is 7.13. The summed E-state index contributed by atoms with van der Waals surface area (Å²) in [5, 5.41) is 6.00. The van der Waals surface area contributed by atoms with E-state index in [-0.39, 0.29) is 0 Å². The molecule has 0 amide bonds. The summed E-state index contributed by atoms with van der Waals surface area (Å²) in [7, 11) is 1.61. The Morgan fingerprint density at radius 1 is 1.24 bits per heavy atom. The first-order chi connectivity index (χ1) is 12.2. The summed E-state index contributed by atoms with van der Waals surface area (Å²) in [6.07, 6.45) is 5.20. The monoisotopic (exact) mass is 353 g/mol. The molecule has 0 aliphatic heterocycles. The van der Waals surface area contributed by atoms with Crippen LogP contribution in [0.5, 0.6) is 5.75 Å². The highest BCUT2D eigenvalue weighted by Gasteiger charge is 2.09. The zero-order valence-electron chi connectivity index (χ0n) is 14.1. The van der Waals surface area contributed by atoms with Crippen LogP contribution in [0.1, 0.15) is 16.8 Å². The van der Waals surface area contributed by atoms with Crippen LogP contribution >= 0.6 is 11.3 Å². The lowest BCUT2D eigenvalue weighted by Crippen LogP contribution is -2.01. The molecule has 5 nitrogen and oxygen atoms in total. The average molecular weight is 353 g/mol. The summed E-state index contributed by atoms with van der Waals surface area (Å²) >= 11 is 1.53. The van der Waals surface area contributed by atoms with E-state index < -0.39 is 0 Å². The molecule has 0 fully saturated rings. The molecular formula is C19H19N3O2S. The fourth-order valence-corrected chi connectivity index (χ4v) is 2.84. The van der Waals surface area contributed by atoms with Gasteiger partial charge in [0.15, 0.2) is 16.7 Å². The second kappa shape index (κ2) is 8.30. The zero-order valence-corrected chi connectivity index (χ0v) is 14.9. The van der Waals surface area contributed by atoms with Gasteiger partial charge in [0.1, 0.15) is 6.61 Å². The average Bonchev–Trinajstić information content (AvgIpc) is 3.05. The van der Waals surface area contributed by atoms with Gasteiger partial charge in [-0.25, -0.2) is 9.97 Å². The van der Waals surface area contributed by atoms with Crippen LogP contribution in [0.15, 0.2) is 54.2 Å². The number of nitrogens with one attached hydrogen (secondary N) is 1. The van der Waals surface area contributed by atoms with Crippen LogP contribution < -0.4 is 10.1 Å².